The van der Waals surface area contributed by atoms with Crippen molar-refractivity contribution in [3.8, 4) is 11.5 Å². The van der Waals surface area contributed by atoms with Crippen molar-refractivity contribution in [1.82, 2.24) is 0 Å². The molecule has 1 fully saturated rings. The van der Waals surface area contributed by atoms with Gasteiger partial charge in [-0.15, -0.1) is 0 Å². The lowest BCUT2D eigenvalue weighted by Gasteiger charge is -2.39. The number of rotatable bonds is 1. The Morgan fingerprint density at radius 2 is 1.86 bits per heavy atom. The van der Waals surface area contributed by atoms with Gasteiger partial charge >= 0.3 is 0 Å². The van der Waals surface area contributed by atoms with Crippen molar-refractivity contribution in [3.63, 3.8) is 0 Å². The van der Waals surface area contributed by atoms with Gasteiger partial charge in [0.25, 0.3) is 0 Å². The van der Waals surface area contributed by atoms with Gasteiger partial charge in [0, 0.05) is 11.1 Å². The van der Waals surface area contributed by atoms with Gasteiger partial charge in [-0.1, -0.05) is 12.1 Å². The molecule has 1 saturated carbocycles. The summed E-state index contributed by atoms with van der Waals surface area (Å²) in [7, 11) is 0. The molecule has 1 aromatic carbocycles. The second-order valence-electron chi connectivity index (χ2n) is 4.14. The number of aromatic hydroxyl groups is 2. The predicted octanol–water partition coefficient (Wildman–Crippen LogP) is 1.74. The number of hydrogen-bond acceptors (Lipinski definition) is 3. The molecule has 0 aliphatic heterocycles. The maximum absolute atomic E-state index is 9.75. The summed E-state index contributed by atoms with van der Waals surface area (Å²) in [5, 5.41) is 19.3. The lowest BCUT2D eigenvalue weighted by atomic mass is 9.72. The van der Waals surface area contributed by atoms with E-state index in [0.717, 1.165) is 19.3 Å². The van der Waals surface area contributed by atoms with E-state index in [-0.39, 0.29) is 11.5 Å². The monoisotopic (exact) mass is 193 g/mol. The molecule has 0 atom stereocenters. The van der Waals surface area contributed by atoms with Gasteiger partial charge in [-0.2, -0.15) is 0 Å². The first-order chi connectivity index (χ1) is 6.54. The topological polar surface area (TPSA) is 66.5 Å². The van der Waals surface area contributed by atoms with Gasteiger partial charge in [-0.05, 0) is 31.7 Å². The quantitative estimate of drug-likeness (QED) is 0.595. The second kappa shape index (κ2) is 2.89. The zero-order valence-corrected chi connectivity index (χ0v) is 8.25. The summed E-state index contributed by atoms with van der Waals surface area (Å²) in [5.41, 5.74) is 7.00. The molecule has 1 aliphatic carbocycles. The molecule has 0 unspecified atom stereocenters. The molecule has 14 heavy (non-hydrogen) atoms. The molecule has 1 aromatic rings. The fourth-order valence-corrected chi connectivity index (χ4v) is 1.91. The molecule has 0 amide bonds. The van der Waals surface area contributed by atoms with Crippen LogP contribution in [0.1, 0.15) is 30.4 Å². The van der Waals surface area contributed by atoms with Crippen LogP contribution in [0.5, 0.6) is 11.5 Å². The first-order valence-corrected chi connectivity index (χ1v) is 4.85. The Kier molecular flexibility index (Phi) is 1.93. The summed E-state index contributed by atoms with van der Waals surface area (Å²) in [6.07, 6.45) is 2.84. The normalized spacial score (nSPS) is 19.0. The molecule has 0 saturated heterocycles. The van der Waals surface area contributed by atoms with Crippen LogP contribution in [0.15, 0.2) is 12.1 Å². The third-order valence-corrected chi connectivity index (χ3v) is 3.14. The summed E-state index contributed by atoms with van der Waals surface area (Å²) in [6, 6.07) is 3.60. The van der Waals surface area contributed by atoms with E-state index in [2.05, 4.69) is 0 Å². The van der Waals surface area contributed by atoms with Crippen LogP contribution in [0.4, 0.5) is 0 Å². The number of nitrogens with two attached hydrogens (primary N) is 1. The first-order valence-electron chi connectivity index (χ1n) is 4.85. The van der Waals surface area contributed by atoms with Crippen molar-refractivity contribution >= 4 is 0 Å². The first kappa shape index (κ1) is 9.34. The third-order valence-electron chi connectivity index (χ3n) is 3.14. The molecule has 4 N–H and O–H groups in total. The minimum atomic E-state index is -0.421. The molecule has 0 radical (unpaired) electrons. The highest BCUT2D eigenvalue weighted by atomic mass is 16.3. The molecule has 3 nitrogen and oxygen atoms in total. The Balaban J connectivity index is 2.49. The molecule has 0 bridgehead atoms. The van der Waals surface area contributed by atoms with Crippen LogP contribution in [0.3, 0.4) is 0 Å². The Labute approximate surface area is 83.2 Å². The van der Waals surface area contributed by atoms with Gasteiger partial charge in [-0.3, -0.25) is 0 Å². The number of phenols is 2. The van der Waals surface area contributed by atoms with Crippen LogP contribution in [0, 0.1) is 6.92 Å². The highest BCUT2D eigenvalue weighted by molar-refractivity contribution is 5.52. The van der Waals surface area contributed by atoms with Crippen molar-refractivity contribution < 1.29 is 10.2 Å². The van der Waals surface area contributed by atoms with Gasteiger partial charge in [0.1, 0.15) is 0 Å². The second-order valence-corrected chi connectivity index (χ2v) is 4.14. The van der Waals surface area contributed by atoms with Crippen LogP contribution in [-0.4, -0.2) is 10.2 Å². The molecule has 0 spiro atoms. The van der Waals surface area contributed by atoms with Crippen LogP contribution in [0.25, 0.3) is 0 Å². The van der Waals surface area contributed by atoms with E-state index in [1.165, 1.54) is 0 Å². The zero-order valence-electron chi connectivity index (χ0n) is 8.25. The average molecular weight is 193 g/mol. The Morgan fingerprint density at radius 1 is 1.21 bits per heavy atom. The average Bonchev–Trinajstić information content (AvgIpc) is 2.11. The summed E-state index contributed by atoms with van der Waals surface area (Å²) in [6.45, 7) is 1.75. The Morgan fingerprint density at radius 3 is 2.36 bits per heavy atom. The summed E-state index contributed by atoms with van der Waals surface area (Å²) in [5.74, 6) is -0.0913. The lowest BCUT2D eigenvalue weighted by Crippen LogP contribution is -2.43. The van der Waals surface area contributed by atoms with E-state index in [4.69, 9.17) is 5.73 Å². The molecule has 3 heteroatoms. The summed E-state index contributed by atoms with van der Waals surface area (Å²) in [4.78, 5) is 0. The summed E-state index contributed by atoms with van der Waals surface area (Å²) < 4.78 is 0. The smallest absolute Gasteiger partial charge is 0.162 e. The predicted molar refractivity (Wildman–Crippen MR) is 54.2 cm³/mol. The molecule has 0 aromatic heterocycles. The minimum Gasteiger partial charge on any atom is -0.504 e. The van der Waals surface area contributed by atoms with Crippen molar-refractivity contribution in [2.24, 2.45) is 5.73 Å². The van der Waals surface area contributed by atoms with Gasteiger partial charge in [0.15, 0.2) is 11.5 Å². The van der Waals surface area contributed by atoms with E-state index in [0.29, 0.717) is 11.1 Å². The molecule has 0 heterocycles. The third kappa shape index (κ3) is 1.16. The molecule has 2 rings (SSSR count). The maximum Gasteiger partial charge on any atom is 0.162 e. The largest absolute Gasteiger partial charge is 0.504 e. The van der Waals surface area contributed by atoms with Crippen LogP contribution >= 0.6 is 0 Å². The van der Waals surface area contributed by atoms with E-state index >= 15 is 0 Å². The van der Waals surface area contributed by atoms with Crippen LogP contribution in [-0.2, 0) is 5.54 Å². The minimum absolute atomic E-state index is 0.0424. The lowest BCUT2D eigenvalue weighted by molar-refractivity contribution is 0.243. The van der Waals surface area contributed by atoms with E-state index in [1.54, 1.807) is 13.0 Å². The van der Waals surface area contributed by atoms with Gasteiger partial charge < -0.3 is 15.9 Å². The standard InChI is InChI=1S/C11H15NO2/c1-7-3-4-8(10(14)9(7)13)11(12)5-2-6-11/h3-4,13-14H,2,5-6,12H2,1H3. The fourth-order valence-electron chi connectivity index (χ4n) is 1.91. The SMILES string of the molecule is Cc1ccc(C2(N)CCC2)c(O)c1O. The maximum atomic E-state index is 9.75. The van der Waals surface area contributed by atoms with E-state index < -0.39 is 5.54 Å². The van der Waals surface area contributed by atoms with Crippen molar-refractivity contribution in [2.45, 2.75) is 31.7 Å². The molecule has 1 aliphatic rings. The molecular formula is C11H15NO2. The molecule has 76 valence electrons. The Bertz CT molecular complexity index is 370. The van der Waals surface area contributed by atoms with Gasteiger partial charge in [-0.25, -0.2) is 0 Å². The number of aryl methyl sites for hydroxylation is 1. The van der Waals surface area contributed by atoms with Crippen LogP contribution < -0.4 is 5.73 Å². The van der Waals surface area contributed by atoms with Crippen molar-refractivity contribution in [3.05, 3.63) is 23.3 Å². The van der Waals surface area contributed by atoms with Crippen LogP contribution in [0.2, 0.25) is 0 Å². The highest BCUT2D eigenvalue weighted by Crippen LogP contribution is 2.45. The number of hydrogen-bond donors (Lipinski definition) is 3. The highest BCUT2D eigenvalue weighted by Gasteiger charge is 2.37. The van der Waals surface area contributed by atoms with E-state index in [9.17, 15) is 10.2 Å². The van der Waals surface area contributed by atoms with Gasteiger partial charge in [0.2, 0.25) is 0 Å². The van der Waals surface area contributed by atoms with Crippen molar-refractivity contribution in [1.29, 1.82) is 0 Å². The summed E-state index contributed by atoms with van der Waals surface area (Å²) >= 11 is 0. The number of phenolic OH excluding ortho intramolecular Hbond substituents is 2. The fraction of sp³-hybridized carbons (Fsp3) is 0.455. The number of benzene rings is 1. The van der Waals surface area contributed by atoms with E-state index in [1.807, 2.05) is 6.07 Å². The zero-order chi connectivity index (χ0) is 10.3. The van der Waals surface area contributed by atoms with Crippen molar-refractivity contribution in [2.75, 3.05) is 0 Å². The molecular weight excluding hydrogens is 178 g/mol. The van der Waals surface area contributed by atoms with Gasteiger partial charge in [0.05, 0.1) is 0 Å². The Hall–Kier alpha value is -1.22.